The Morgan fingerprint density at radius 1 is 1.38 bits per heavy atom. The van der Waals surface area contributed by atoms with Crippen LogP contribution in [0.2, 0.25) is 0 Å². The number of hydrogen-bond acceptors (Lipinski definition) is 1. The summed E-state index contributed by atoms with van der Waals surface area (Å²) in [6.07, 6.45) is 7.95. The lowest BCUT2D eigenvalue weighted by atomic mass is 10.2. The highest BCUT2D eigenvalue weighted by Crippen LogP contribution is 2.08. The summed E-state index contributed by atoms with van der Waals surface area (Å²) in [4.78, 5) is 0. The van der Waals surface area contributed by atoms with Crippen LogP contribution in [0, 0.1) is 0 Å². The van der Waals surface area contributed by atoms with Gasteiger partial charge in [-0.3, -0.25) is 0 Å². The van der Waals surface area contributed by atoms with Gasteiger partial charge in [0.05, 0.1) is 0 Å². The van der Waals surface area contributed by atoms with Crippen LogP contribution in [0.15, 0.2) is 35.6 Å². The predicted molar refractivity (Wildman–Crippen MR) is 35.2 cm³/mol. The quantitative estimate of drug-likeness (QED) is 0.496. The van der Waals surface area contributed by atoms with Crippen molar-refractivity contribution in [1.82, 2.24) is 0 Å². The summed E-state index contributed by atoms with van der Waals surface area (Å²) in [5.74, 6) is 0. The van der Waals surface area contributed by atoms with Gasteiger partial charge in [-0.15, -0.1) is 0 Å². The van der Waals surface area contributed by atoms with Crippen molar-refractivity contribution >= 4 is 0 Å². The molecule has 8 heavy (non-hydrogen) atoms. The third-order valence-corrected chi connectivity index (χ3v) is 1.12. The number of hydrogen-bond donors (Lipinski definition) is 1. The molecule has 0 atom stereocenters. The van der Waals surface area contributed by atoms with E-state index in [0.29, 0.717) is 0 Å². The summed E-state index contributed by atoms with van der Waals surface area (Å²) < 4.78 is 0. The summed E-state index contributed by atoms with van der Waals surface area (Å²) >= 11 is 0. The summed E-state index contributed by atoms with van der Waals surface area (Å²) in [6, 6.07) is 0. The first kappa shape index (κ1) is 5.16. The molecule has 0 aromatic rings. The van der Waals surface area contributed by atoms with Gasteiger partial charge < -0.3 is 5.73 Å². The van der Waals surface area contributed by atoms with E-state index < -0.39 is 0 Å². The van der Waals surface area contributed by atoms with Crippen molar-refractivity contribution in [1.29, 1.82) is 0 Å². The van der Waals surface area contributed by atoms with Gasteiger partial charge in [0.2, 0.25) is 0 Å². The molecule has 0 heterocycles. The number of rotatable bonds is 0. The van der Waals surface area contributed by atoms with Gasteiger partial charge in [0.15, 0.2) is 0 Å². The lowest BCUT2D eigenvalue weighted by Gasteiger charge is -1.90. The van der Waals surface area contributed by atoms with Crippen molar-refractivity contribution in [2.45, 2.75) is 6.92 Å². The van der Waals surface area contributed by atoms with Gasteiger partial charge in [0.1, 0.15) is 0 Å². The Morgan fingerprint density at radius 3 is 2.12 bits per heavy atom. The van der Waals surface area contributed by atoms with Crippen LogP contribution in [0.1, 0.15) is 6.92 Å². The maximum atomic E-state index is 5.47. The molecule has 1 rings (SSSR count). The molecular formula is C7H9N. The summed E-state index contributed by atoms with van der Waals surface area (Å²) in [6.45, 7) is 1.90. The molecule has 2 N–H and O–H groups in total. The lowest BCUT2D eigenvalue weighted by Crippen LogP contribution is -1.92. The molecule has 42 valence electrons. The van der Waals surface area contributed by atoms with E-state index in [1.54, 1.807) is 0 Å². The Morgan fingerprint density at radius 2 is 1.88 bits per heavy atom. The molecule has 0 spiro atoms. The van der Waals surface area contributed by atoms with Crippen LogP contribution in [0.25, 0.3) is 0 Å². The van der Waals surface area contributed by atoms with Gasteiger partial charge in [-0.05, 0) is 12.5 Å². The van der Waals surface area contributed by atoms with Crippen LogP contribution < -0.4 is 5.73 Å². The Bertz CT molecular complexity index is 155. The molecule has 0 radical (unpaired) electrons. The maximum absolute atomic E-state index is 5.47. The third kappa shape index (κ3) is 0.808. The Balaban J connectivity index is 2.90. The first-order valence-electron chi connectivity index (χ1n) is 2.62. The molecule has 0 bridgehead atoms. The van der Waals surface area contributed by atoms with E-state index in [2.05, 4.69) is 0 Å². The molecule has 0 aliphatic heterocycles. The van der Waals surface area contributed by atoms with Crippen LogP contribution in [-0.4, -0.2) is 0 Å². The smallest absolute Gasteiger partial charge is 0.0122 e. The zero-order valence-electron chi connectivity index (χ0n) is 4.89. The molecule has 1 heteroatoms. The van der Waals surface area contributed by atoms with Crippen LogP contribution in [0.4, 0.5) is 0 Å². The second-order valence-electron chi connectivity index (χ2n) is 1.86. The van der Waals surface area contributed by atoms with Gasteiger partial charge in [-0.25, -0.2) is 0 Å². The fourth-order valence-electron chi connectivity index (χ4n) is 0.637. The van der Waals surface area contributed by atoms with Crippen LogP contribution >= 0.6 is 0 Å². The Labute approximate surface area is 49.2 Å². The van der Waals surface area contributed by atoms with Crippen molar-refractivity contribution in [3.63, 3.8) is 0 Å². The minimum atomic E-state index is 0.884. The second kappa shape index (κ2) is 1.86. The molecule has 1 aliphatic rings. The normalized spacial score (nSPS) is 15.4. The van der Waals surface area contributed by atoms with Crippen molar-refractivity contribution in [2.75, 3.05) is 0 Å². The van der Waals surface area contributed by atoms with E-state index in [9.17, 15) is 0 Å². The zero-order valence-corrected chi connectivity index (χ0v) is 4.89. The summed E-state index contributed by atoms with van der Waals surface area (Å²) in [5.41, 5.74) is 7.49. The number of nitrogens with two attached hydrogens (primary N) is 1. The largest absolute Gasteiger partial charge is 0.402 e. The van der Waals surface area contributed by atoms with Crippen molar-refractivity contribution < 1.29 is 0 Å². The van der Waals surface area contributed by atoms with E-state index in [1.807, 2.05) is 31.2 Å². The average molecular weight is 107 g/mol. The van der Waals surface area contributed by atoms with E-state index in [4.69, 9.17) is 5.73 Å². The molecule has 0 amide bonds. The highest BCUT2D eigenvalue weighted by atomic mass is 14.6. The van der Waals surface area contributed by atoms with Crippen LogP contribution in [0.5, 0.6) is 0 Å². The first-order chi connectivity index (χ1) is 3.80. The molecule has 0 saturated carbocycles. The zero-order chi connectivity index (χ0) is 5.98. The second-order valence-corrected chi connectivity index (χ2v) is 1.86. The van der Waals surface area contributed by atoms with Gasteiger partial charge >= 0.3 is 0 Å². The molecule has 0 aromatic carbocycles. The van der Waals surface area contributed by atoms with E-state index in [-0.39, 0.29) is 0 Å². The topological polar surface area (TPSA) is 26.0 Å². The molecule has 0 fully saturated rings. The molecular weight excluding hydrogens is 98.1 g/mol. The van der Waals surface area contributed by atoms with Gasteiger partial charge in [-0.1, -0.05) is 24.3 Å². The monoisotopic (exact) mass is 107 g/mol. The minimum absolute atomic E-state index is 0.884. The molecule has 0 aromatic heterocycles. The summed E-state index contributed by atoms with van der Waals surface area (Å²) in [7, 11) is 0. The highest BCUT2D eigenvalue weighted by molar-refractivity contribution is 5.41. The molecule has 1 nitrogen and oxygen atoms in total. The van der Waals surface area contributed by atoms with Gasteiger partial charge in [0, 0.05) is 5.70 Å². The van der Waals surface area contributed by atoms with Crippen molar-refractivity contribution in [3.8, 4) is 0 Å². The third-order valence-electron chi connectivity index (χ3n) is 1.12. The van der Waals surface area contributed by atoms with Crippen molar-refractivity contribution in [2.24, 2.45) is 5.73 Å². The molecule has 1 aliphatic carbocycles. The van der Waals surface area contributed by atoms with Crippen LogP contribution in [0.3, 0.4) is 0 Å². The van der Waals surface area contributed by atoms with E-state index in [0.717, 1.165) is 11.3 Å². The molecule has 0 unspecified atom stereocenters. The van der Waals surface area contributed by atoms with Crippen LogP contribution in [-0.2, 0) is 0 Å². The highest BCUT2D eigenvalue weighted by Gasteiger charge is 1.91. The SMILES string of the molecule is CC(N)=C1C=CC=C1. The Hall–Kier alpha value is -0.980. The fraction of sp³-hybridized carbons (Fsp3) is 0.143. The van der Waals surface area contributed by atoms with Crippen molar-refractivity contribution in [3.05, 3.63) is 35.6 Å². The Kier molecular flexibility index (Phi) is 1.20. The van der Waals surface area contributed by atoms with Gasteiger partial charge in [-0.2, -0.15) is 0 Å². The van der Waals surface area contributed by atoms with E-state index in [1.165, 1.54) is 0 Å². The van der Waals surface area contributed by atoms with E-state index >= 15 is 0 Å². The first-order valence-corrected chi connectivity index (χ1v) is 2.62. The number of allylic oxidation sites excluding steroid dienone is 6. The predicted octanol–water partition coefficient (Wildman–Crippen LogP) is 1.35. The van der Waals surface area contributed by atoms with Gasteiger partial charge in [0.25, 0.3) is 0 Å². The fourth-order valence-corrected chi connectivity index (χ4v) is 0.637. The average Bonchev–Trinajstić information content (AvgIpc) is 2.12. The standard InChI is InChI=1S/C7H9N/c1-6(8)7-4-2-3-5-7/h2-5H,8H2,1H3. The molecule has 0 saturated heterocycles. The minimum Gasteiger partial charge on any atom is -0.402 e. The lowest BCUT2D eigenvalue weighted by molar-refractivity contribution is 1.28. The maximum Gasteiger partial charge on any atom is 0.0122 e. The summed E-state index contributed by atoms with van der Waals surface area (Å²) in [5, 5.41) is 0.